The van der Waals surface area contributed by atoms with E-state index in [4.69, 9.17) is 14.6 Å². The number of amides is 1. The molecule has 100 valence electrons. The minimum absolute atomic E-state index is 0.128. The summed E-state index contributed by atoms with van der Waals surface area (Å²) in [5, 5.41) is 8.42. The molecule has 1 unspecified atom stereocenters. The average molecular weight is 268 g/mol. The van der Waals surface area contributed by atoms with Gasteiger partial charge in [-0.15, -0.1) is 0 Å². The van der Waals surface area contributed by atoms with Crippen LogP contribution in [0, 0.1) is 0 Å². The summed E-state index contributed by atoms with van der Waals surface area (Å²) in [5.74, 6) is 0. The Morgan fingerprint density at radius 2 is 2.29 bits per heavy atom. The molecule has 9 heteroatoms. The minimum Gasteiger partial charge on any atom is -0.464 e. The van der Waals surface area contributed by atoms with Crippen LogP contribution in [0.25, 0.3) is 0 Å². The van der Waals surface area contributed by atoms with Crippen molar-refractivity contribution in [2.24, 2.45) is 0 Å². The minimum atomic E-state index is -3.98. The first-order valence-electron chi connectivity index (χ1n) is 5.07. The second kappa shape index (κ2) is 6.15. The maximum atomic E-state index is 11.6. The molecular weight excluding hydrogens is 252 g/mol. The fraction of sp³-hybridized carbons (Fsp3) is 0.875. The number of nitrogens with one attached hydrogen (secondary N) is 1. The summed E-state index contributed by atoms with van der Waals surface area (Å²) in [5.41, 5.74) is 0. The van der Waals surface area contributed by atoms with Crippen LogP contribution in [0.2, 0.25) is 0 Å². The monoisotopic (exact) mass is 268 g/mol. The third kappa shape index (κ3) is 4.46. The lowest BCUT2D eigenvalue weighted by atomic mass is 10.3. The normalized spacial score (nSPS) is 23.0. The van der Waals surface area contributed by atoms with Crippen molar-refractivity contribution < 1.29 is 27.8 Å². The van der Waals surface area contributed by atoms with Crippen molar-refractivity contribution in [1.82, 2.24) is 9.03 Å². The van der Waals surface area contributed by atoms with Crippen LogP contribution >= 0.6 is 0 Å². The Labute approximate surface area is 99.7 Å². The van der Waals surface area contributed by atoms with Crippen LogP contribution in [0.1, 0.15) is 6.42 Å². The van der Waals surface area contributed by atoms with Gasteiger partial charge >= 0.3 is 16.3 Å². The molecular formula is C8H16N2O6S. The molecule has 0 spiro atoms. The quantitative estimate of drug-likeness (QED) is 0.694. The molecule has 0 bridgehead atoms. The number of ether oxygens (including phenoxy) is 2. The van der Waals surface area contributed by atoms with Crippen LogP contribution in [0.15, 0.2) is 0 Å². The molecule has 0 aromatic heterocycles. The lowest BCUT2D eigenvalue weighted by Gasteiger charge is -2.18. The summed E-state index contributed by atoms with van der Waals surface area (Å²) in [6.45, 7) is 0.939. The Hall–Kier alpha value is -0.900. The smallest absolute Gasteiger partial charge is 0.419 e. The highest BCUT2D eigenvalue weighted by Gasteiger charge is 2.27. The fourth-order valence-corrected chi connectivity index (χ4v) is 2.55. The molecule has 0 saturated carbocycles. The van der Waals surface area contributed by atoms with Crippen LogP contribution in [0.5, 0.6) is 0 Å². The van der Waals surface area contributed by atoms with E-state index in [1.165, 1.54) is 11.8 Å². The highest BCUT2D eigenvalue weighted by atomic mass is 32.2. The van der Waals surface area contributed by atoms with E-state index in [1.807, 2.05) is 0 Å². The molecule has 1 atom stereocenters. The maximum Gasteiger partial charge on any atom is 0.419 e. The summed E-state index contributed by atoms with van der Waals surface area (Å²) in [6.07, 6.45) is -1.29. The highest BCUT2D eigenvalue weighted by molar-refractivity contribution is 7.87. The Morgan fingerprint density at radius 1 is 1.59 bits per heavy atom. The number of nitrogens with zero attached hydrogens (tertiary/aromatic N) is 1. The molecule has 1 rings (SSSR count). The highest BCUT2D eigenvalue weighted by Crippen LogP contribution is 2.10. The van der Waals surface area contributed by atoms with Crippen molar-refractivity contribution in [3.63, 3.8) is 0 Å². The molecule has 1 saturated heterocycles. The summed E-state index contributed by atoms with van der Waals surface area (Å²) in [7, 11) is -2.44. The van der Waals surface area contributed by atoms with Gasteiger partial charge in [-0.2, -0.15) is 12.7 Å². The summed E-state index contributed by atoms with van der Waals surface area (Å²) in [4.78, 5) is 10.3. The Kier molecular flexibility index (Phi) is 5.12. The van der Waals surface area contributed by atoms with Gasteiger partial charge in [0.25, 0.3) is 0 Å². The molecule has 1 aliphatic heterocycles. The maximum absolute atomic E-state index is 11.6. The van der Waals surface area contributed by atoms with Gasteiger partial charge in [-0.25, -0.2) is 9.52 Å². The van der Waals surface area contributed by atoms with Gasteiger partial charge in [0.15, 0.2) is 0 Å². The first-order valence-corrected chi connectivity index (χ1v) is 6.51. The number of hydrogen-bond acceptors (Lipinski definition) is 5. The summed E-state index contributed by atoms with van der Waals surface area (Å²) >= 11 is 0. The Balaban J connectivity index is 2.59. The second-order valence-corrected chi connectivity index (χ2v) is 5.22. The number of carboxylic acid groups (broad SMARTS) is 1. The third-order valence-corrected chi connectivity index (χ3v) is 3.78. The van der Waals surface area contributed by atoms with Crippen molar-refractivity contribution in [3.05, 3.63) is 0 Å². The van der Waals surface area contributed by atoms with Crippen molar-refractivity contribution in [2.45, 2.75) is 12.5 Å². The molecule has 1 fully saturated rings. The van der Waals surface area contributed by atoms with E-state index >= 15 is 0 Å². The SMILES string of the molecule is COCC1CCN(S(=O)(=O)NC(=O)O)CCO1. The van der Waals surface area contributed by atoms with Crippen molar-refractivity contribution in [1.29, 1.82) is 0 Å². The molecule has 1 heterocycles. The van der Waals surface area contributed by atoms with Crippen molar-refractivity contribution >= 4 is 16.3 Å². The van der Waals surface area contributed by atoms with E-state index < -0.39 is 16.3 Å². The van der Waals surface area contributed by atoms with E-state index in [2.05, 4.69) is 0 Å². The largest absolute Gasteiger partial charge is 0.464 e. The van der Waals surface area contributed by atoms with Gasteiger partial charge < -0.3 is 14.6 Å². The fourth-order valence-electron chi connectivity index (χ4n) is 1.54. The zero-order valence-electron chi connectivity index (χ0n) is 9.46. The summed E-state index contributed by atoms with van der Waals surface area (Å²) in [6, 6.07) is 0. The van der Waals surface area contributed by atoms with Crippen LogP contribution in [0.4, 0.5) is 4.79 Å². The molecule has 17 heavy (non-hydrogen) atoms. The Morgan fingerprint density at radius 3 is 2.88 bits per heavy atom. The van der Waals surface area contributed by atoms with Gasteiger partial charge in [0.2, 0.25) is 0 Å². The predicted molar refractivity (Wildman–Crippen MR) is 57.9 cm³/mol. The lowest BCUT2D eigenvalue weighted by molar-refractivity contribution is 0.00560. The number of carbonyl (C=O) groups is 1. The number of hydrogen-bond donors (Lipinski definition) is 2. The second-order valence-electron chi connectivity index (χ2n) is 3.55. The van der Waals surface area contributed by atoms with Crippen LogP contribution in [-0.4, -0.2) is 63.4 Å². The van der Waals surface area contributed by atoms with Gasteiger partial charge in [-0.1, -0.05) is 0 Å². The first kappa shape index (κ1) is 14.2. The van der Waals surface area contributed by atoms with Gasteiger partial charge in [0.1, 0.15) is 0 Å². The molecule has 0 radical (unpaired) electrons. The molecule has 1 aliphatic rings. The van der Waals surface area contributed by atoms with Gasteiger partial charge in [0, 0.05) is 20.2 Å². The third-order valence-electron chi connectivity index (χ3n) is 2.30. The lowest BCUT2D eigenvalue weighted by Crippen LogP contribution is -2.44. The average Bonchev–Trinajstić information content (AvgIpc) is 2.42. The van der Waals surface area contributed by atoms with Crippen LogP contribution < -0.4 is 4.72 Å². The van der Waals surface area contributed by atoms with Crippen LogP contribution in [-0.2, 0) is 19.7 Å². The first-order chi connectivity index (χ1) is 7.95. The van der Waals surface area contributed by atoms with Gasteiger partial charge in [0.05, 0.1) is 19.3 Å². The van der Waals surface area contributed by atoms with E-state index in [9.17, 15) is 13.2 Å². The standard InChI is InChI=1S/C8H16N2O6S/c1-15-6-7-2-3-10(4-5-16-7)17(13,14)9-8(11)12/h7,9H,2-6H2,1H3,(H,11,12). The van der Waals surface area contributed by atoms with E-state index in [0.717, 1.165) is 4.31 Å². The van der Waals surface area contributed by atoms with E-state index in [0.29, 0.717) is 13.0 Å². The molecule has 0 aliphatic carbocycles. The number of methoxy groups -OCH3 is 1. The van der Waals surface area contributed by atoms with Crippen LogP contribution in [0.3, 0.4) is 0 Å². The topological polar surface area (TPSA) is 105 Å². The van der Waals surface area contributed by atoms with E-state index in [1.54, 1.807) is 0 Å². The molecule has 1 amide bonds. The molecule has 2 N–H and O–H groups in total. The van der Waals surface area contributed by atoms with Gasteiger partial charge in [-0.05, 0) is 6.42 Å². The summed E-state index contributed by atoms with van der Waals surface area (Å²) < 4.78 is 36.0. The number of rotatable bonds is 4. The molecule has 0 aromatic carbocycles. The van der Waals surface area contributed by atoms with E-state index in [-0.39, 0.29) is 25.8 Å². The predicted octanol–water partition coefficient (Wildman–Crippen LogP) is -0.764. The molecule has 8 nitrogen and oxygen atoms in total. The Bertz CT molecular complexity index is 357. The van der Waals surface area contributed by atoms with Crippen molar-refractivity contribution in [2.75, 3.05) is 33.4 Å². The van der Waals surface area contributed by atoms with Crippen molar-refractivity contribution in [3.8, 4) is 0 Å². The zero-order valence-corrected chi connectivity index (χ0v) is 10.3. The molecule has 0 aromatic rings. The van der Waals surface area contributed by atoms with Gasteiger partial charge in [-0.3, -0.25) is 0 Å². The zero-order chi connectivity index (χ0) is 12.9.